The number of ether oxygens (including phenoxy) is 1. The molecule has 14 heavy (non-hydrogen) atoms. The molecule has 6 nitrogen and oxygen atoms in total. The fraction of sp³-hybridized carbons (Fsp3) is 0.857. The van der Waals surface area contributed by atoms with Crippen LogP contribution in [0.5, 0.6) is 0 Å². The van der Waals surface area contributed by atoms with Crippen LogP contribution >= 0.6 is 0 Å². The van der Waals surface area contributed by atoms with Gasteiger partial charge in [0.05, 0.1) is 13.4 Å². The summed E-state index contributed by atoms with van der Waals surface area (Å²) in [5, 5.41) is 0. The third-order valence-corrected chi connectivity index (χ3v) is 2.94. The standard InChI is InChI=1S/C7H14N2O4S/c1-13-6(10)7(3-5(8)4-7)9-14(2,11)12/h5,9H,3-4,8H2,1-2H3. The highest BCUT2D eigenvalue weighted by molar-refractivity contribution is 7.88. The van der Waals surface area contributed by atoms with Crippen LogP contribution in [0.4, 0.5) is 0 Å². The van der Waals surface area contributed by atoms with Gasteiger partial charge in [0.25, 0.3) is 0 Å². The summed E-state index contributed by atoms with van der Waals surface area (Å²) in [5.41, 5.74) is 4.39. The molecule has 0 spiro atoms. The fourth-order valence-corrected chi connectivity index (χ4v) is 2.64. The topological polar surface area (TPSA) is 98.5 Å². The van der Waals surface area contributed by atoms with Crippen LogP contribution in [0.2, 0.25) is 0 Å². The Hall–Kier alpha value is -0.660. The van der Waals surface area contributed by atoms with E-state index in [2.05, 4.69) is 9.46 Å². The van der Waals surface area contributed by atoms with Crippen LogP contribution in [0, 0.1) is 0 Å². The zero-order valence-electron chi connectivity index (χ0n) is 8.11. The molecule has 0 aliphatic heterocycles. The minimum absolute atomic E-state index is 0.150. The van der Waals surface area contributed by atoms with Crippen LogP contribution in [0.25, 0.3) is 0 Å². The van der Waals surface area contributed by atoms with E-state index in [0.29, 0.717) is 0 Å². The Morgan fingerprint density at radius 2 is 2.07 bits per heavy atom. The Balaban J connectivity index is 2.80. The molecule has 3 N–H and O–H groups in total. The van der Waals surface area contributed by atoms with E-state index in [1.807, 2.05) is 0 Å². The van der Waals surface area contributed by atoms with Gasteiger partial charge in [-0.2, -0.15) is 4.72 Å². The number of carbonyl (C=O) groups is 1. The summed E-state index contributed by atoms with van der Waals surface area (Å²) in [6, 6.07) is -0.150. The quantitative estimate of drug-likeness (QED) is 0.570. The van der Waals surface area contributed by atoms with Crippen molar-refractivity contribution in [3.63, 3.8) is 0 Å². The van der Waals surface area contributed by atoms with E-state index in [1.165, 1.54) is 7.11 Å². The molecule has 1 rings (SSSR count). The number of esters is 1. The summed E-state index contributed by atoms with van der Waals surface area (Å²) in [7, 11) is -2.21. The molecular formula is C7H14N2O4S. The summed E-state index contributed by atoms with van der Waals surface area (Å²) in [5.74, 6) is -0.579. The van der Waals surface area contributed by atoms with Crippen LogP contribution in [0.15, 0.2) is 0 Å². The van der Waals surface area contributed by atoms with Crippen molar-refractivity contribution in [1.29, 1.82) is 0 Å². The first-order valence-corrected chi connectivity index (χ1v) is 6.01. The molecule has 0 aromatic heterocycles. The molecule has 1 saturated carbocycles. The normalized spacial score (nSPS) is 32.1. The molecule has 1 aliphatic carbocycles. The second-order valence-electron chi connectivity index (χ2n) is 3.62. The average Bonchev–Trinajstić information content (AvgIpc) is 1.96. The lowest BCUT2D eigenvalue weighted by atomic mass is 9.74. The van der Waals surface area contributed by atoms with E-state index in [-0.39, 0.29) is 18.9 Å². The number of nitrogens with two attached hydrogens (primary N) is 1. The summed E-state index contributed by atoms with van der Waals surface area (Å²) >= 11 is 0. The Labute approximate surface area is 82.8 Å². The highest BCUT2D eigenvalue weighted by Crippen LogP contribution is 2.32. The van der Waals surface area contributed by atoms with Gasteiger partial charge in [-0.05, 0) is 12.8 Å². The van der Waals surface area contributed by atoms with E-state index in [9.17, 15) is 13.2 Å². The maximum absolute atomic E-state index is 11.3. The highest BCUT2D eigenvalue weighted by Gasteiger charge is 2.51. The molecule has 0 bridgehead atoms. The van der Waals surface area contributed by atoms with Crippen LogP contribution in [0.1, 0.15) is 12.8 Å². The van der Waals surface area contributed by atoms with Crippen molar-refractivity contribution in [3.05, 3.63) is 0 Å². The molecule has 0 aromatic rings. The van der Waals surface area contributed by atoms with Crippen molar-refractivity contribution >= 4 is 16.0 Å². The van der Waals surface area contributed by atoms with Gasteiger partial charge in [0.1, 0.15) is 5.54 Å². The molecule has 0 heterocycles. The van der Waals surface area contributed by atoms with Crippen molar-refractivity contribution in [3.8, 4) is 0 Å². The van der Waals surface area contributed by atoms with Crippen molar-refractivity contribution in [1.82, 2.24) is 4.72 Å². The van der Waals surface area contributed by atoms with Crippen LogP contribution < -0.4 is 10.5 Å². The number of sulfonamides is 1. The van der Waals surface area contributed by atoms with Gasteiger partial charge in [-0.15, -0.1) is 0 Å². The second kappa shape index (κ2) is 3.48. The molecule has 0 saturated heterocycles. The maximum atomic E-state index is 11.3. The zero-order chi connectivity index (χ0) is 11.0. The SMILES string of the molecule is COC(=O)C1(NS(C)(=O)=O)CC(N)C1. The van der Waals surface area contributed by atoms with Crippen LogP contribution in [-0.2, 0) is 19.6 Å². The first kappa shape index (κ1) is 11.4. The van der Waals surface area contributed by atoms with Gasteiger partial charge in [0, 0.05) is 6.04 Å². The fourth-order valence-electron chi connectivity index (χ4n) is 1.68. The molecule has 1 fully saturated rings. The molecule has 7 heteroatoms. The van der Waals surface area contributed by atoms with Crippen molar-refractivity contribution < 1.29 is 17.9 Å². The van der Waals surface area contributed by atoms with E-state index in [4.69, 9.17) is 5.73 Å². The number of nitrogens with one attached hydrogen (secondary N) is 1. The number of hydrogen-bond donors (Lipinski definition) is 2. The third-order valence-electron chi connectivity index (χ3n) is 2.18. The van der Waals surface area contributed by atoms with E-state index in [0.717, 1.165) is 6.26 Å². The molecule has 0 unspecified atom stereocenters. The van der Waals surface area contributed by atoms with E-state index in [1.54, 1.807) is 0 Å². The van der Waals surface area contributed by atoms with E-state index < -0.39 is 21.5 Å². The second-order valence-corrected chi connectivity index (χ2v) is 5.36. The number of methoxy groups -OCH3 is 1. The third kappa shape index (κ3) is 2.23. The van der Waals surface area contributed by atoms with Gasteiger partial charge >= 0.3 is 5.97 Å². The maximum Gasteiger partial charge on any atom is 0.327 e. The van der Waals surface area contributed by atoms with Crippen LogP contribution in [-0.4, -0.2) is 39.3 Å². The van der Waals surface area contributed by atoms with Gasteiger partial charge in [-0.25, -0.2) is 8.42 Å². The summed E-state index contributed by atoms with van der Waals surface area (Å²) < 4.78 is 28.8. The summed E-state index contributed by atoms with van der Waals surface area (Å²) in [6.45, 7) is 0. The molecule has 0 aromatic carbocycles. The first-order valence-electron chi connectivity index (χ1n) is 4.12. The number of hydrogen-bond acceptors (Lipinski definition) is 5. The average molecular weight is 222 g/mol. The van der Waals surface area contributed by atoms with Crippen molar-refractivity contribution in [2.24, 2.45) is 5.73 Å². The van der Waals surface area contributed by atoms with Gasteiger partial charge < -0.3 is 10.5 Å². The van der Waals surface area contributed by atoms with Gasteiger partial charge in [0.15, 0.2) is 0 Å². The molecule has 82 valence electrons. The molecular weight excluding hydrogens is 208 g/mol. The van der Waals surface area contributed by atoms with Gasteiger partial charge in [-0.1, -0.05) is 0 Å². The zero-order valence-corrected chi connectivity index (χ0v) is 8.93. The minimum atomic E-state index is -3.43. The van der Waals surface area contributed by atoms with Crippen LogP contribution in [0.3, 0.4) is 0 Å². The Morgan fingerprint density at radius 1 is 1.57 bits per heavy atom. The Morgan fingerprint density at radius 3 is 2.36 bits per heavy atom. The molecule has 0 amide bonds. The van der Waals surface area contributed by atoms with Gasteiger partial charge in [0.2, 0.25) is 10.0 Å². The predicted molar refractivity (Wildman–Crippen MR) is 49.9 cm³/mol. The smallest absolute Gasteiger partial charge is 0.327 e. The first-order chi connectivity index (χ1) is 6.29. The molecule has 1 aliphatic rings. The summed E-state index contributed by atoms with van der Waals surface area (Å²) in [4.78, 5) is 11.3. The van der Waals surface area contributed by atoms with Crippen molar-refractivity contribution in [2.75, 3.05) is 13.4 Å². The lowest BCUT2D eigenvalue weighted by Crippen LogP contribution is -2.66. The Bertz CT molecular complexity index is 332. The van der Waals surface area contributed by atoms with Gasteiger partial charge in [-0.3, -0.25) is 4.79 Å². The summed E-state index contributed by atoms with van der Waals surface area (Å²) in [6.07, 6.45) is 1.57. The lowest BCUT2D eigenvalue weighted by Gasteiger charge is -2.43. The minimum Gasteiger partial charge on any atom is -0.468 e. The highest BCUT2D eigenvalue weighted by atomic mass is 32.2. The van der Waals surface area contributed by atoms with E-state index >= 15 is 0 Å². The monoisotopic (exact) mass is 222 g/mol. The van der Waals surface area contributed by atoms with Crippen molar-refractivity contribution in [2.45, 2.75) is 24.4 Å². The molecule has 0 radical (unpaired) electrons. The predicted octanol–water partition coefficient (Wildman–Crippen LogP) is -1.43. The largest absolute Gasteiger partial charge is 0.468 e. The lowest BCUT2D eigenvalue weighted by molar-refractivity contribution is -0.152. The Kier molecular flexibility index (Phi) is 2.84. The molecule has 0 atom stereocenters. The number of rotatable bonds is 3. The number of carbonyl (C=O) groups excluding carboxylic acids is 1.